The number of hydrogen-bond donors (Lipinski definition) is 0. The van der Waals surface area contributed by atoms with E-state index in [4.69, 9.17) is 4.98 Å². The second-order valence-electron chi connectivity index (χ2n) is 14.7. The van der Waals surface area contributed by atoms with E-state index in [2.05, 4.69) is 123 Å². The second kappa shape index (κ2) is 11.9. The van der Waals surface area contributed by atoms with E-state index < -0.39 is 0 Å². The van der Waals surface area contributed by atoms with Gasteiger partial charge < -0.3 is 9.13 Å². The molecule has 6 heterocycles. The van der Waals surface area contributed by atoms with Crippen LogP contribution in [0.4, 0.5) is 0 Å². The molecule has 2 aliphatic carbocycles. The van der Waals surface area contributed by atoms with Gasteiger partial charge in [-0.05, 0) is 157 Å². The predicted octanol–water partition coefficient (Wildman–Crippen LogP) is 10.8. The summed E-state index contributed by atoms with van der Waals surface area (Å²) in [5.74, 6) is 0. The average Bonchev–Trinajstić information content (AvgIpc) is 3.71. The van der Waals surface area contributed by atoms with Gasteiger partial charge in [-0.2, -0.15) is 0 Å². The molecule has 0 unspecified atom stereocenters. The first-order valence-electron chi connectivity index (χ1n) is 18.8. The van der Waals surface area contributed by atoms with Gasteiger partial charge in [-0.1, -0.05) is 18.2 Å². The van der Waals surface area contributed by atoms with Gasteiger partial charge in [0.05, 0.1) is 51.7 Å². The van der Waals surface area contributed by atoms with E-state index in [1.807, 2.05) is 49.3 Å². The van der Waals surface area contributed by atoms with Gasteiger partial charge in [0.2, 0.25) is 0 Å². The Balaban J connectivity index is 1.18. The van der Waals surface area contributed by atoms with Crippen molar-refractivity contribution in [2.45, 2.75) is 39.5 Å². The number of fused-ring (bicyclic) bond motifs is 9. The first-order valence-corrected chi connectivity index (χ1v) is 18.8. The van der Waals surface area contributed by atoms with E-state index in [-0.39, 0.29) is 0 Å². The Bertz CT molecular complexity index is 3000. The molecule has 0 spiro atoms. The molecule has 258 valence electrons. The molecule has 6 nitrogen and oxygen atoms in total. The van der Waals surface area contributed by atoms with Crippen LogP contribution in [0.25, 0.3) is 78.1 Å². The third-order valence-corrected chi connectivity index (χ3v) is 11.7. The number of aryl methyl sites for hydroxylation is 4. The lowest BCUT2D eigenvalue weighted by Crippen LogP contribution is -2.07. The zero-order valence-electron chi connectivity index (χ0n) is 30.2. The number of aromatic nitrogens is 6. The van der Waals surface area contributed by atoms with Gasteiger partial charge in [-0.3, -0.25) is 19.9 Å². The van der Waals surface area contributed by atoms with Crippen LogP contribution in [0.5, 0.6) is 0 Å². The van der Waals surface area contributed by atoms with Crippen LogP contribution in [0.3, 0.4) is 0 Å². The van der Waals surface area contributed by atoms with Crippen LogP contribution in [0.1, 0.15) is 45.6 Å². The quantitative estimate of drug-likeness (QED) is 0.184. The monoisotopic (exact) mass is 696 g/mol. The molecule has 0 amide bonds. The highest BCUT2D eigenvalue weighted by atomic mass is 15.0. The molecule has 11 rings (SSSR count). The van der Waals surface area contributed by atoms with Crippen molar-refractivity contribution >= 4 is 44.4 Å². The molecule has 54 heavy (non-hydrogen) atoms. The Kier molecular flexibility index (Phi) is 6.83. The van der Waals surface area contributed by atoms with Crippen molar-refractivity contribution in [1.29, 1.82) is 0 Å². The van der Waals surface area contributed by atoms with Crippen molar-refractivity contribution in [3.05, 3.63) is 167 Å². The van der Waals surface area contributed by atoms with Gasteiger partial charge in [0, 0.05) is 57.8 Å². The first kappa shape index (κ1) is 30.9. The normalized spacial score (nSPS) is 13.6. The minimum atomic E-state index is 0.938. The van der Waals surface area contributed by atoms with Crippen molar-refractivity contribution in [2.75, 3.05) is 0 Å². The summed E-state index contributed by atoms with van der Waals surface area (Å²) < 4.78 is 4.90. The van der Waals surface area contributed by atoms with E-state index in [9.17, 15) is 0 Å². The maximum absolute atomic E-state index is 4.73. The fourth-order valence-corrected chi connectivity index (χ4v) is 9.02. The molecule has 0 saturated carbocycles. The lowest BCUT2D eigenvalue weighted by atomic mass is 9.83. The molecule has 0 fully saturated rings. The van der Waals surface area contributed by atoms with Crippen LogP contribution in [0.2, 0.25) is 0 Å². The number of benzene rings is 3. The Morgan fingerprint density at radius 3 is 1.81 bits per heavy atom. The smallest absolute Gasteiger partial charge is 0.0702 e. The van der Waals surface area contributed by atoms with Gasteiger partial charge >= 0.3 is 0 Å². The Hall–Kier alpha value is -6.66. The van der Waals surface area contributed by atoms with Gasteiger partial charge in [0.1, 0.15) is 0 Å². The summed E-state index contributed by atoms with van der Waals surface area (Å²) in [5, 5.41) is 3.78. The maximum atomic E-state index is 4.73. The minimum absolute atomic E-state index is 0.938. The fraction of sp³-hybridized carbons (Fsp3) is 0.125. The highest BCUT2D eigenvalue weighted by molar-refractivity contribution is 6.12. The molecule has 3 aromatic carbocycles. The molecular formula is C48H36N6. The van der Waals surface area contributed by atoms with E-state index >= 15 is 0 Å². The molecule has 0 aliphatic heterocycles. The van der Waals surface area contributed by atoms with Gasteiger partial charge in [0.15, 0.2) is 0 Å². The third-order valence-electron chi connectivity index (χ3n) is 11.7. The van der Waals surface area contributed by atoms with Crippen LogP contribution in [-0.2, 0) is 19.3 Å². The van der Waals surface area contributed by atoms with Crippen LogP contribution in [0, 0.1) is 13.8 Å². The summed E-state index contributed by atoms with van der Waals surface area (Å²) in [4.78, 5) is 18.6. The molecule has 0 bridgehead atoms. The minimum Gasteiger partial charge on any atom is -0.311 e. The molecule has 0 N–H and O–H groups in total. The van der Waals surface area contributed by atoms with Crippen LogP contribution < -0.4 is 0 Å². The molecule has 0 radical (unpaired) electrons. The zero-order valence-corrected chi connectivity index (χ0v) is 30.2. The Morgan fingerprint density at radius 2 is 1.15 bits per heavy atom. The number of hydrogen-bond acceptors (Lipinski definition) is 4. The standard InChI is InChI=1S/C48H36N6/c1-29-15-19-49-27-47(29)53-43-13-11-33(41-7-3-5-17-51-41)23-37(43)39-21-31-9-10-32-22-40-38-24-34(42-8-4-6-18-52-42)12-14-44(38)54(48-28-50-20-16-30(48)2)46(40)26-36(32)35(31)25-45(39)53/h3-8,11,13,15-28H,9-10,12,14H2,1-2H3. The predicted molar refractivity (Wildman–Crippen MR) is 219 cm³/mol. The number of rotatable bonds is 4. The van der Waals surface area contributed by atoms with E-state index in [0.717, 1.165) is 54.0 Å². The third kappa shape index (κ3) is 4.66. The summed E-state index contributed by atoms with van der Waals surface area (Å²) in [6, 6.07) is 33.2. The van der Waals surface area contributed by atoms with Crippen molar-refractivity contribution < 1.29 is 0 Å². The Morgan fingerprint density at radius 1 is 0.519 bits per heavy atom. The lowest BCUT2D eigenvalue weighted by Gasteiger charge is -2.22. The molecular weight excluding hydrogens is 661 g/mol. The van der Waals surface area contributed by atoms with E-state index in [1.54, 1.807) is 0 Å². The topological polar surface area (TPSA) is 61.4 Å². The second-order valence-corrected chi connectivity index (χ2v) is 14.7. The number of nitrogens with zero attached hydrogens (tertiary/aromatic N) is 6. The van der Waals surface area contributed by atoms with Crippen LogP contribution in [-0.4, -0.2) is 29.1 Å². The Labute approximate surface area is 313 Å². The van der Waals surface area contributed by atoms with Crippen LogP contribution >= 0.6 is 0 Å². The van der Waals surface area contributed by atoms with Crippen molar-refractivity contribution in [1.82, 2.24) is 29.1 Å². The largest absolute Gasteiger partial charge is 0.311 e. The van der Waals surface area contributed by atoms with E-state index in [1.165, 1.54) is 82.9 Å². The molecule has 0 saturated heterocycles. The van der Waals surface area contributed by atoms with Gasteiger partial charge in [-0.25, -0.2) is 0 Å². The summed E-state index contributed by atoms with van der Waals surface area (Å²) >= 11 is 0. The molecule has 9 aromatic rings. The van der Waals surface area contributed by atoms with Gasteiger partial charge in [-0.15, -0.1) is 0 Å². The SMILES string of the molecule is Cc1ccncc1-n1c2c(c3cc4c(cc31)-c1cc3c(cc1CC4)c1cc(-c4ccccn4)ccc1n3-c1cnccc1C)C=C(c1ccccn1)CC2. The first-order chi connectivity index (χ1) is 26.6. The summed E-state index contributed by atoms with van der Waals surface area (Å²) in [5.41, 5.74) is 20.7. The van der Waals surface area contributed by atoms with Crippen molar-refractivity contribution in [3.63, 3.8) is 0 Å². The summed E-state index contributed by atoms with van der Waals surface area (Å²) in [6.45, 7) is 4.36. The average molecular weight is 697 g/mol. The highest BCUT2D eigenvalue weighted by Gasteiger charge is 2.27. The lowest BCUT2D eigenvalue weighted by molar-refractivity contribution is 0.886. The summed E-state index contributed by atoms with van der Waals surface area (Å²) in [7, 11) is 0. The number of allylic oxidation sites excluding steroid dienone is 1. The highest BCUT2D eigenvalue weighted by Crippen LogP contribution is 2.45. The molecule has 6 heteroatoms. The maximum Gasteiger partial charge on any atom is 0.0702 e. The van der Waals surface area contributed by atoms with Gasteiger partial charge in [0.25, 0.3) is 0 Å². The molecule has 0 atom stereocenters. The number of pyridine rings is 4. The van der Waals surface area contributed by atoms with Crippen molar-refractivity contribution in [3.8, 4) is 33.8 Å². The molecule has 2 aliphatic rings. The zero-order chi connectivity index (χ0) is 35.9. The van der Waals surface area contributed by atoms with E-state index in [0.29, 0.717) is 0 Å². The van der Waals surface area contributed by atoms with Crippen molar-refractivity contribution in [2.24, 2.45) is 0 Å². The summed E-state index contributed by atoms with van der Waals surface area (Å²) in [6.07, 6.45) is 17.8. The van der Waals surface area contributed by atoms with Crippen LogP contribution in [0.15, 0.2) is 128 Å². The molecule has 6 aromatic heterocycles. The fourth-order valence-electron chi connectivity index (χ4n) is 9.02.